The molecule has 0 radical (unpaired) electrons. The lowest BCUT2D eigenvalue weighted by molar-refractivity contribution is -0.115. The number of sulfonamides is 1. The minimum Gasteiger partial charge on any atom is -0.361 e. The van der Waals surface area contributed by atoms with Gasteiger partial charge >= 0.3 is 0 Å². The highest BCUT2D eigenvalue weighted by molar-refractivity contribution is 7.93. The third-order valence-electron chi connectivity index (χ3n) is 3.34. The third kappa shape index (κ3) is 2.37. The van der Waals surface area contributed by atoms with Crippen molar-refractivity contribution in [3.8, 4) is 0 Å². The molecule has 0 saturated carbocycles. The number of aromatic nitrogens is 1. The van der Waals surface area contributed by atoms with E-state index in [-0.39, 0.29) is 4.90 Å². The van der Waals surface area contributed by atoms with E-state index < -0.39 is 15.9 Å². The average molecular weight is 314 g/mol. The standard InChI is InChI=1S/C16H14N2O3S/c1-12(19)18(14-5-3-2-4-6-14)22(20,21)15-8-7-13-9-10-17-16(13)11-15/h2-11,17H,1H3. The Morgan fingerprint density at radius 2 is 1.77 bits per heavy atom. The maximum Gasteiger partial charge on any atom is 0.270 e. The molecule has 0 fully saturated rings. The van der Waals surface area contributed by atoms with Crippen LogP contribution in [-0.2, 0) is 14.8 Å². The van der Waals surface area contributed by atoms with Crippen LogP contribution in [0.15, 0.2) is 65.7 Å². The summed E-state index contributed by atoms with van der Waals surface area (Å²) in [5.74, 6) is -0.558. The minimum atomic E-state index is -3.96. The second-order valence-corrected chi connectivity index (χ2v) is 6.64. The van der Waals surface area contributed by atoms with Crippen molar-refractivity contribution >= 4 is 32.5 Å². The van der Waals surface area contributed by atoms with E-state index in [4.69, 9.17) is 0 Å². The normalized spacial score (nSPS) is 11.5. The van der Waals surface area contributed by atoms with Crippen molar-refractivity contribution in [2.24, 2.45) is 0 Å². The van der Waals surface area contributed by atoms with Crippen molar-refractivity contribution in [3.05, 3.63) is 60.8 Å². The Kier molecular flexibility index (Phi) is 3.46. The number of carbonyl (C=O) groups excluding carboxylic acids is 1. The first-order valence-electron chi connectivity index (χ1n) is 6.68. The fourth-order valence-corrected chi connectivity index (χ4v) is 3.80. The molecule has 1 amide bonds. The summed E-state index contributed by atoms with van der Waals surface area (Å²) in [4.78, 5) is 15.0. The molecular weight excluding hydrogens is 300 g/mol. The zero-order valence-corrected chi connectivity index (χ0v) is 12.7. The van der Waals surface area contributed by atoms with E-state index in [2.05, 4.69) is 4.98 Å². The van der Waals surface area contributed by atoms with Crippen molar-refractivity contribution in [1.82, 2.24) is 4.98 Å². The number of para-hydroxylation sites is 1. The molecule has 1 heterocycles. The highest BCUT2D eigenvalue weighted by atomic mass is 32.2. The topological polar surface area (TPSA) is 70.2 Å². The molecule has 2 aromatic carbocycles. The summed E-state index contributed by atoms with van der Waals surface area (Å²) in [6.07, 6.45) is 1.74. The molecule has 6 heteroatoms. The van der Waals surface area contributed by atoms with Crippen molar-refractivity contribution in [3.63, 3.8) is 0 Å². The molecule has 0 aliphatic heterocycles. The zero-order chi connectivity index (χ0) is 15.7. The number of anilines is 1. The molecule has 1 aromatic heterocycles. The van der Waals surface area contributed by atoms with Gasteiger partial charge in [-0.25, -0.2) is 12.7 Å². The molecular formula is C16H14N2O3S. The van der Waals surface area contributed by atoms with Crippen LogP contribution in [0.25, 0.3) is 10.9 Å². The van der Waals surface area contributed by atoms with Gasteiger partial charge in [-0.05, 0) is 35.7 Å². The lowest BCUT2D eigenvalue weighted by Crippen LogP contribution is -2.35. The molecule has 3 rings (SSSR count). The van der Waals surface area contributed by atoms with Crippen LogP contribution in [0.3, 0.4) is 0 Å². The van der Waals surface area contributed by atoms with Gasteiger partial charge < -0.3 is 4.98 Å². The molecule has 112 valence electrons. The number of nitrogens with one attached hydrogen (secondary N) is 1. The Balaban J connectivity index is 2.15. The van der Waals surface area contributed by atoms with E-state index in [0.717, 1.165) is 9.69 Å². The minimum absolute atomic E-state index is 0.0708. The number of hydrogen-bond donors (Lipinski definition) is 1. The summed E-state index contributed by atoms with van der Waals surface area (Å²) in [7, 11) is -3.96. The van der Waals surface area contributed by atoms with Crippen LogP contribution < -0.4 is 4.31 Å². The molecule has 0 spiro atoms. The number of H-pyrrole nitrogens is 1. The van der Waals surface area contributed by atoms with Gasteiger partial charge in [-0.3, -0.25) is 4.79 Å². The van der Waals surface area contributed by atoms with Crippen LogP contribution in [0.5, 0.6) is 0 Å². The summed E-state index contributed by atoms with van der Waals surface area (Å²) >= 11 is 0. The molecule has 3 aromatic rings. The van der Waals surface area contributed by atoms with E-state index in [1.165, 1.54) is 19.1 Å². The first kappa shape index (κ1) is 14.3. The summed E-state index contributed by atoms with van der Waals surface area (Å²) in [6.45, 7) is 1.23. The fraction of sp³-hybridized carbons (Fsp3) is 0.0625. The van der Waals surface area contributed by atoms with Gasteiger partial charge in [-0.1, -0.05) is 24.3 Å². The first-order chi connectivity index (χ1) is 10.5. The molecule has 0 bridgehead atoms. The quantitative estimate of drug-likeness (QED) is 0.808. The fourth-order valence-electron chi connectivity index (χ4n) is 2.35. The maximum atomic E-state index is 12.8. The maximum absolute atomic E-state index is 12.8. The molecule has 0 unspecified atom stereocenters. The van der Waals surface area contributed by atoms with E-state index >= 15 is 0 Å². The molecule has 22 heavy (non-hydrogen) atoms. The largest absolute Gasteiger partial charge is 0.361 e. The Morgan fingerprint density at radius 3 is 2.45 bits per heavy atom. The smallest absolute Gasteiger partial charge is 0.270 e. The van der Waals surface area contributed by atoms with Crippen LogP contribution in [-0.4, -0.2) is 19.3 Å². The Morgan fingerprint density at radius 1 is 1.05 bits per heavy atom. The Hall–Kier alpha value is -2.60. The van der Waals surface area contributed by atoms with Gasteiger partial charge in [0.05, 0.1) is 10.6 Å². The van der Waals surface area contributed by atoms with Crippen LogP contribution in [0.2, 0.25) is 0 Å². The van der Waals surface area contributed by atoms with E-state index in [9.17, 15) is 13.2 Å². The third-order valence-corrected chi connectivity index (χ3v) is 5.14. The number of aromatic amines is 1. The molecule has 0 aliphatic carbocycles. The van der Waals surface area contributed by atoms with E-state index in [0.29, 0.717) is 11.2 Å². The number of rotatable bonds is 3. The first-order valence-corrected chi connectivity index (χ1v) is 8.12. The molecule has 0 atom stereocenters. The average Bonchev–Trinajstić information content (AvgIpc) is 2.95. The van der Waals surface area contributed by atoms with Crippen molar-refractivity contribution in [2.75, 3.05) is 4.31 Å². The SMILES string of the molecule is CC(=O)N(c1ccccc1)S(=O)(=O)c1ccc2cc[nH]c2c1. The van der Waals surface area contributed by atoms with Gasteiger partial charge in [0, 0.05) is 18.6 Å². The molecule has 0 aliphatic rings. The van der Waals surface area contributed by atoms with Gasteiger partial charge in [0.1, 0.15) is 0 Å². The highest BCUT2D eigenvalue weighted by Gasteiger charge is 2.28. The zero-order valence-electron chi connectivity index (χ0n) is 11.9. The monoisotopic (exact) mass is 314 g/mol. The van der Waals surface area contributed by atoms with Crippen LogP contribution in [0, 0.1) is 0 Å². The summed E-state index contributed by atoms with van der Waals surface area (Å²) in [6, 6.07) is 14.9. The lowest BCUT2D eigenvalue weighted by Gasteiger charge is -2.21. The Bertz CT molecular complexity index is 930. The van der Waals surface area contributed by atoms with Gasteiger partial charge in [0.15, 0.2) is 0 Å². The number of fused-ring (bicyclic) bond motifs is 1. The van der Waals surface area contributed by atoms with Crippen LogP contribution in [0.4, 0.5) is 5.69 Å². The molecule has 0 saturated heterocycles. The van der Waals surface area contributed by atoms with Crippen molar-refractivity contribution in [2.45, 2.75) is 11.8 Å². The predicted octanol–water partition coefficient (Wildman–Crippen LogP) is 2.91. The summed E-state index contributed by atoms with van der Waals surface area (Å²) in [5, 5.41) is 0.910. The van der Waals surface area contributed by atoms with E-state index in [1.54, 1.807) is 42.6 Å². The predicted molar refractivity (Wildman–Crippen MR) is 85.1 cm³/mol. The van der Waals surface area contributed by atoms with Crippen LogP contribution in [0.1, 0.15) is 6.92 Å². The van der Waals surface area contributed by atoms with Gasteiger partial charge in [0.25, 0.3) is 10.0 Å². The number of benzene rings is 2. The van der Waals surface area contributed by atoms with E-state index in [1.807, 2.05) is 6.07 Å². The van der Waals surface area contributed by atoms with Gasteiger partial charge in [-0.2, -0.15) is 0 Å². The lowest BCUT2D eigenvalue weighted by atomic mass is 10.2. The van der Waals surface area contributed by atoms with Gasteiger partial charge in [-0.15, -0.1) is 0 Å². The van der Waals surface area contributed by atoms with Gasteiger partial charge in [0.2, 0.25) is 5.91 Å². The summed E-state index contributed by atoms with van der Waals surface area (Å²) < 4.78 is 26.5. The molecule has 1 N–H and O–H groups in total. The highest BCUT2D eigenvalue weighted by Crippen LogP contribution is 2.25. The Labute approximate surface area is 128 Å². The summed E-state index contributed by atoms with van der Waals surface area (Å²) in [5.41, 5.74) is 1.03. The van der Waals surface area contributed by atoms with Crippen molar-refractivity contribution in [1.29, 1.82) is 0 Å². The second kappa shape index (κ2) is 5.31. The second-order valence-electron chi connectivity index (χ2n) is 4.85. The van der Waals surface area contributed by atoms with Crippen LogP contribution >= 0.6 is 0 Å². The number of amides is 1. The number of hydrogen-bond acceptors (Lipinski definition) is 3. The molecule has 5 nitrogen and oxygen atoms in total. The van der Waals surface area contributed by atoms with Crippen molar-refractivity contribution < 1.29 is 13.2 Å². The number of nitrogens with zero attached hydrogens (tertiary/aromatic N) is 1. The number of carbonyl (C=O) groups is 1.